The Hall–Kier alpha value is -0.0400. The average Bonchev–Trinajstić information content (AvgIpc) is 3.00. The number of unbranched alkanes of at least 4 members (excludes halogenated alkanes) is 30. The molecule has 0 aliphatic carbocycles. The highest BCUT2D eigenvalue weighted by atomic mass is 15.2. The molecule has 0 aliphatic heterocycles. The van der Waals surface area contributed by atoms with E-state index in [4.69, 9.17) is 0 Å². The van der Waals surface area contributed by atoms with Gasteiger partial charge in [-0.2, -0.15) is 0 Å². The average molecular weight is 606 g/mol. The van der Waals surface area contributed by atoms with E-state index in [2.05, 4.69) is 39.5 Å². The summed E-state index contributed by atoms with van der Waals surface area (Å²) in [4.78, 5) is 2.91. The summed E-state index contributed by atoms with van der Waals surface area (Å²) in [6.07, 6.45) is 49.2. The zero-order valence-corrected chi connectivity index (χ0v) is 31.4. The van der Waals surface area contributed by atoms with Gasteiger partial charge in [0, 0.05) is 5.54 Å². The molecule has 0 spiro atoms. The molecule has 1 nitrogen and oxygen atoms in total. The first-order valence-corrected chi connectivity index (χ1v) is 20.8. The van der Waals surface area contributed by atoms with Gasteiger partial charge in [0.05, 0.1) is 0 Å². The van der Waals surface area contributed by atoms with Crippen molar-refractivity contribution >= 4 is 0 Å². The minimum atomic E-state index is 0.374. The van der Waals surface area contributed by atoms with Crippen molar-refractivity contribution in [2.24, 2.45) is 0 Å². The number of hydrogen-bond acceptors (Lipinski definition) is 1. The molecule has 0 amide bonds. The van der Waals surface area contributed by atoms with E-state index >= 15 is 0 Å². The molecule has 0 heterocycles. The predicted molar refractivity (Wildman–Crippen MR) is 200 cm³/mol. The second-order valence-electron chi connectivity index (χ2n) is 15.2. The first-order valence-electron chi connectivity index (χ1n) is 20.8. The zero-order chi connectivity index (χ0) is 31.5. The third-order valence-corrected chi connectivity index (χ3v) is 10.3. The summed E-state index contributed by atoms with van der Waals surface area (Å²) >= 11 is 0. The highest BCUT2D eigenvalue weighted by Gasteiger charge is 2.25. The Morgan fingerprint density at radius 1 is 0.279 bits per heavy atom. The summed E-state index contributed by atoms with van der Waals surface area (Å²) < 4.78 is 0. The lowest BCUT2D eigenvalue weighted by molar-refractivity contribution is 0.102. The summed E-state index contributed by atoms with van der Waals surface area (Å²) in [6.45, 7) is 14.7. The molecule has 0 rings (SSSR count). The molecule has 0 atom stereocenters. The van der Waals surface area contributed by atoms with Gasteiger partial charge < -0.3 is 0 Å². The van der Waals surface area contributed by atoms with Crippen molar-refractivity contribution in [1.82, 2.24) is 4.90 Å². The fourth-order valence-electron chi connectivity index (χ4n) is 7.03. The predicted octanol–water partition coefficient (Wildman–Crippen LogP) is 15.4. The van der Waals surface area contributed by atoms with Crippen LogP contribution in [0.25, 0.3) is 0 Å². The molecular weight excluding hydrogens is 518 g/mol. The van der Waals surface area contributed by atoms with Gasteiger partial charge in [-0.05, 0) is 46.2 Å². The summed E-state index contributed by atoms with van der Waals surface area (Å²) in [6, 6.07) is 0. The highest BCUT2D eigenvalue weighted by molar-refractivity contribution is 4.81. The van der Waals surface area contributed by atoms with Gasteiger partial charge in [-0.15, -0.1) is 0 Å². The van der Waals surface area contributed by atoms with E-state index in [1.54, 1.807) is 0 Å². The Labute approximate surface area is 275 Å². The topological polar surface area (TPSA) is 3.24 Å². The van der Waals surface area contributed by atoms with Gasteiger partial charge in [-0.1, -0.05) is 220 Å². The molecule has 0 aromatic rings. The highest BCUT2D eigenvalue weighted by Crippen LogP contribution is 2.25. The van der Waals surface area contributed by atoms with E-state index < -0.39 is 0 Å². The van der Waals surface area contributed by atoms with Crippen LogP contribution in [0, 0.1) is 0 Å². The van der Waals surface area contributed by atoms with E-state index in [1.165, 1.54) is 231 Å². The molecule has 0 bridgehead atoms. The molecular formula is C42H87N. The van der Waals surface area contributed by atoms with Gasteiger partial charge in [0.1, 0.15) is 0 Å². The molecule has 0 saturated heterocycles. The van der Waals surface area contributed by atoms with Crippen molar-refractivity contribution < 1.29 is 0 Å². The van der Waals surface area contributed by atoms with Gasteiger partial charge in [-0.3, -0.25) is 4.90 Å². The van der Waals surface area contributed by atoms with E-state index in [0.29, 0.717) is 5.54 Å². The molecule has 0 fully saturated rings. The quantitative estimate of drug-likeness (QED) is 0.0637. The normalized spacial score (nSPS) is 12.1. The van der Waals surface area contributed by atoms with Crippen LogP contribution < -0.4 is 0 Å². The maximum Gasteiger partial charge on any atom is 0.0153 e. The van der Waals surface area contributed by atoms with Gasteiger partial charge in [-0.25, -0.2) is 0 Å². The lowest BCUT2D eigenvalue weighted by Crippen LogP contribution is -2.45. The van der Waals surface area contributed by atoms with Crippen LogP contribution in [0.1, 0.15) is 253 Å². The van der Waals surface area contributed by atoms with Crippen molar-refractivity contribution in [3.05, 3.63) is 0 Å². The number of hydrogen-bond donors (Lipinski definition) is 0. The summed E-state index contributed by atoms with van der Waals surface area (Å²) in [5.74, 6) is 0. The molecule has 0 saturated carbocycles. The van der Waals surface area contributed by atoms with Crippen LogP contribution in [0.15, 0.2) is 0 Å². The number of rotatable bonds is 37. The molecule has 0 unspecified atom stereocenters. The summed E-state index contributed by atoms with van der Waals surface area (Å²) in [7, 11) is 0. The van der Waals surface area contributed by atoms with E-state index in [0.717, 1.165) is 0 Å². The first kappa shape index (κ1) is 43.0. The molecule has 0 aliphatic rings. The Kier molecular flexibility index (Phi) is 34.8. The third kappa shape index (κ3) is 31.7. The van der Waals surface area contributed by atoms with Gasteiger partial charge in [0.2, 0.25) is 0 Å². The SMILES string of the molecule is CCCCCCCCCCCCCCCCN(CCCCCCCCCCCCCCCC)C(C)(C)CCCCCCC. The summed E-state index contributed by atoms with van der Waals surface area (Å²) in [5.41, 5.74) is 0.374. The molecule has 0 aromatic carbocycles. The van der Waals surface area contributed by atoms with Crippen LogP contribution in [-0.4, -0.2) is 23.5 Å². The Morgan fingerprint density at radius 2 is 0.488 bits per heavy atom. The largest absolute Gasteiger partial charge is 0.298 e. The monoisotopic (exact) mass is 606 g/mol. The molecule has 43 heavy (non-hydrogen) atoms. The second kappa shape index (κ2) is 34.8. The lowest BCUT2D eigenvalue weighted by atomic mass is 9.93. The van der Waals surface area contributed by atoms with Crippen LogP contribution >= 0.6 is 0 Å². The standard InChI is InChI=1S/C42H87N/c1-6-9-12-15-17-19-21-23-25-27-29-31-34-37-40-43(42(4,5)39-36-33-14-11-8-3)41-38-35-32-30-28-26-24-22-20-18-16-13-10-7-2/h6-41H2,1-5H3. The minimum Gasteiger partial charge on any atom is -0.298 e. The zero-order valence-electron chi connectivity index (χ0n) is 31.4. The van der Waals surface area contributed by atoms with Crippen LogP contribution in [0.3, 0.4) is 0 Å². The fourth-order valence-corrected chi connectivity index (χ4v) is 7.03. The van der Waals surface area contributed by atoms with Crippen LogP contribution in [-0.2, 0) is 0 Å². The lowest BCUT2D eigenvalue weighted by Gasteiger charge is -2.39. The van der Waals surface area contributed by atoms with Crippen molar-refractivity contribution in [2.75, 3.05) is 13.1 Å². The molecule has 260 valence electrons. The maximum atomic E-state index is 2.91. The van der Waals surface area contributed by atoms with Crippen molar-refractivity contribution in [1.29, 1.82) is 0 Å². The van der Waals surface area contributed by atoms with E-state index in [-0.39, 0.29) is 0 Å². The first-order chi connectivity index (χ1) is 21.1. The van der Waals surface area contributed by atoms with E-state index in [1.807, 2.05) is 0 Å². The van der Waals surface area contributed by atoms with Crippen molar-refractivity contribution in [3.8, 4) is 0 Å². The molecule has 0 N–H and O–H groups in total. The minimum absolute atomic E-state index is 0.374. The van der Waals surface area contributed by atoms with Crippen LogP contribution in [0.2, 0.25) is 0 Å². The Morgan fingerprint density at radius 3 is 0.744 bits per heavy atom. The third-order valence-electron chi connectivity index (χ3n) is 10.3. The van der Waals surface area contributed by atoms with E-state index in [9.17, 15) is 0 Å². The second-order valence-corrected chi connectivity index (χ2v) is 15.2. The Bertz CT molecular complexity index is 465. The molecule has 0 radical (unpaired) electrons. The van der Waals surface area contributed by atoms with Gasteiger partial charge >= 0.3 is 0 Å². The molecule has 0 aromatic heterocycles. The van der Waals surface area contributed by atoms with Crippen LogP contribution in [0.5, 0.6) is 0 Å². The Balaban J connectivity index is 4.04. The van der Waals surface area contributed by atoms with Crippen molar-refractivity contribution in [2.45, 2.75) is 258 Å². The van der Waals surface area contributed by atoms with Gasteiger partial charge in [0.15, 0.2) is 0 Å². The molecule has 1 heteroatoms. The van der Waals surface area contributed by atoms with Gasteiger partial charge in [0.25, 0.3) is 0 Å². The smallest absolute Gasteiger partial charge is 0.0153 e. The van der Waals surface area contributed by atoms with Crippen LogP contribution in [0.4, 0.5) is 0 Å². The summed E-state index contributed by atoms with van der Waals surface area (Å²) in [5, 5.41) is 0. The fraction of sp³-hybridized carbons (Fsp3) is 1.00. The number of nitrogens with zero attached hydrogens (tertiary/aromatic N) is 1. The van der Waals surface area contributed by atoms with Crippen molar-refractivity contribution in [3.63, 3.8) is 0 Å². The maximum absolute atomic E-state index is 2.91.